The number of hydrogen-bond acceptors (Lipinski definition) is 4. The number of unbranched alkanes of at least 4 members (excludes halogenated alkanes) is 16. The molecule has 0 aromatic carbocycles. The third kappa shape index (κ3) is 23.9. The molecule has 0 radical (unpaired) electrons. The van der Waals surface area contributed by atoms with Gasteiger partial charge in [0.25, 0.3) is 0 Å². The predicted octanol–water partition coefficient (Wildman–Crippen LogP) is 8.89. The summed E-state index contributed by atoms with van der Waals surface area (Å²) < 4.78 is 0. The Hall–Kier alpha value is -0.940. The van der Waals surface area contributed by atoms with Crippen LogP contribution in [-0.4, -0.2) is 55.4 Å². The number of hydrogen-bond donors (Lipinski definition) is 0. The Kier molecular flexibility index (Phi) is 27.4. The van der Waals surface area contributed by atoms with E-state index in [9.17, 15) is 9.59 Å². The molecule has 0 heterocycles. The molecule has 0 saturated heterocycles. The van der Waals surface area contributed by atoms with Crippen molar-refractivity contribution in [3.8, 4) is 0 Å². The lowest BCUT2D eigenvalue weighted by Gasteiger charge is -2.31. The summed E-state index contributed by atoms with van der Waals surface area (Å²) in [5.41, 5.74) is 0. The van der Waals surface area contributed by atoms with Crippen molar-refractivity contribution in [2.75, 3.05) is 27.2 Å². The predicted molar refractivity (Wildman–Crippen MR) is 159 cm³/mol. The minimum Gasteiger partial charge on any atom is -0.309 e. The first-order valence-corrected chi connectivity index (χ1v) is 16.1. The van der Waals surface area contributed by atoms with Gasteiger partial charge in [0.15, 0.2) is 0 Å². The maximum atomic E-state index is 13.3. The number of amides is 1. The molecule has 0 aliphatic heterocycles. The molecule has 220 valence electrons. The molecule has 5 heteroatoms. The van der Waals surface area contributed by atoms with Crippen molar-refractivity contribution in [2.45, 2.75) is 168 Å². The lowest BCUT2D eigenvalue weighted by atomic mass is 9.99. The summed E-state index contributed by atoms with van der Waals surface area (Å²) in [6.45, 7) is 6.09. The number of nitrogens with zero attached hydrogens (tertiary/aromatic N) is 2. The third-order valence-electron chi connectivity index (χ3n) is 7.30. The fourth-order valence-corrected chi connectivity index (χ4v) is 4.94. The van der Waals surface area contributed by atoms with Crippen LogP contribution in [0.4, 0.5) is 0 Å². The van der Waals surface area contributed by atoms with Crippen LogP contribution in [0.15, 0.2) is 0 Å². The molecule has 0 bridgehead atoms. The van der Waals surface area contributed by atoms with E-state index in [1.165, 1.54) is 83.5 Å². The quantitative estimate of drug-likeness (QED) is 0.0557. The molecule has 0 aliphatic rings. The summed E-state index contributed by atoms with van der Waals surface area (Å²) in [6.07, 6.45) is 27.3. The number of carbonyl (C=O) groups excluding carboxylic acids is 2. The summed E-state index contributed by atoms with van der Waals surface area (Å²) in [4.78, 5) is 32.4. The van der Waals surface area contributed by atoms with E-state index in [-0.39, 0.29) is 11.9 Å². The molecule has 37 heavy (non-hydrogen) atoms. The number of hydroxylamine groups is 2. The Bertz CT molecular complexity index is 498. The molecule has 0 aromatic heterocycles. The van der Waals surface area contributed by atoms with E-state index in [1.54, 1.807) is 5.06 Å². The van der Waals surface area contributed by atoms with Gasteiger partial charge in [-0.15, -0.1) is 0 Å². The van der Waals surface area contributed by atoms with Gasteiger partial charge in [-0.05, 0) is 52.7 Å². The summed E-state index contributed by atoms with van der Waals surface area (Å²) in [7, 11) is 4.12. The minimum atomic E-state index is 0.155. The number of aldehydes is 1. The van der Waals surface area contributed by atoms with Gasteiger partial charge in [0.05, 0.1) is 12.6 Å². The van der Waals surface area contributed by atoms with Gasteiger partial charge in [-0.3, -0.25) is 9.63 Å². The highest BCUT2D eigenvalue weighted by Crippen LogP contribution is 2.21. The van der Waals surface area contributed by atoms with Crippen LogP contribution < -0.4 is 0 Å². The highest BCUT2D eigenvalue weighted by atomic mass is 16.7. The van der Waals surface area contributed by atoms with E-state index in [2.05, 4.69) is 32.8 Å². The Balaban J connectivity index is 4.85. The van der Waals surface area contributed by atoms with Gasteiger partial charge in [0.1, 0.15) is 6.29 Å². The molecule has 1 atom stereocenters. The fraction of sp³-hybridized carbons (Fsp3) is 0.938. The zero-order chi connectivity index (χ0) is 27.4. The van der Waals surface area contributed by atoms with Gasteiger partial charge in [-0.2, -0.15) is 0 Å². The maximum Gasteiger partial charge on any atom is 0.246 e. The van der Waals surface area contributed by atoms with Crippen molar-refractivity contribution in [1.82, 2.24) is 9.96 Å². The molecule has 0 N–H and O–H groups in total. The Morgan fingerprint density at radius 3 is 1.68 bits per heavy atom. The largest absolute Gasteiger partial charge is 0.309 e. The maximum absolute atomic E-state index is 13.3. The molecule has 0 aromatic rings. The summed E-state index contributed by atoms with van der Waals surface area (Å²) in [5.74, 6) is 0.155. The Labute approximate surface area is 231 Å². The average molecular weight is 525 g/mol. The van der Waals surface area contributed by atoms with Gasteiger partial charge < -0.3 is 9.69 Å². The fourth-order valence-electron chi connectivity index (χ4n) is 4.94. The Morgan fingerprint density at radius 2 is 1.16 bits per heavy atom. The highest BCUT2D eigenvalue weighted by Gasteiger charge is 2.24. The zero-order valence-electron chi connectivity index (χ0n) is 25.5. The topological polar surface area (TPSA) is 49.9 Å². The summed E-state index contributed by atoms with van der Waals surface area (Å²) in [5, 5.41) is 1.80. The molecule has 0 saturated carbocycles. The molecule has 0 aliphatic carbocycles. The second-order valence-corrected chi connectivity index (χ2v) is 11.3. The lowest BCUT2D eigenvalue weighted by molar-refractivity contribution is -0.203. The highest BCUT2D eigenvalue weighted by molar-refractivity contribution is 5.75. The van der Waals surface area contributed by atoms with E-state index in [0.29, 0.717) is 19.4 Å². The second-order valence-electron chi connectivity index (χ2n) is 11.3. The molecule has 0 rings (SSSR count). The molecule has 0 spiro atoms. The lowest BCUT2D eigenvalue weighted by Crippen LogP contribution is -2.41. The van der Waals surface area contributed by atoms with Crippen molar-refractivity contribution in [2.24, 2.45) is 0 Å². The van der Waals surface area contributed by atoms with Crippen LogP contribution in [0.25, 0.3) is 0 Å². The number of carbonyl (C=O) groups is 2. The van der Waals surface area contributed by atoms with Gasteiger partial charge in [-0.1, -0.05) is 117 Å². The standard InChI is InChI=1S/C32H64N2O3/c1-5-7-9-11-13-15-19-23-30-37-34(32(36)27-24-28-33(3)4)31(26-21-17-18-22-29-35)25-20-16-14-12-10-8-6-2/h29,31H,5-28,30H2,1-4H3. The first-order valence-electron chi connectivity index (χ1n) is 16.1. The summed E-state index contributed by atoms with van der Waals surface area (Å²) >= 11 is 0. The smallest absolute Gasteiger partial charge is 0.246 e. The third-order valence-corrected chi connectivity index (χ3v) is 7.30. The summed E-state index contributed by atoms with van der Waals surface area (Å²) in [6, 6.07) is 0.160. The van der Waals surface area contributed by atoms with E-state index in [1.807, 2.05) is 0 Å². The van der Waals surface area contributed by atoms with Crippen molar-refractivity contribution in [3.05, 3.63) is 0 Å². The monoisotopic (exact) mass is 524 g/mol. The van der Waals surface area contributed by atoms with Crippen LogP contribution in [0.3, 0.4) is 0 Å². The average Bonchev–Trinajstić information content (AvgIpc) is 2.88. The van der Waals surface area contributed by atoms with E-state index in [4.69, 9.17) is 4.84 Å². The van der Waals surface area contributed by atoms with E-state index in [0.717, 1.165) is 64.2 Å². The second kappa shape index (κ2) is 28.1. The van der Waals surface area contributed by atoms with Crippen molar-refractivity contribution in [3.63, 3.8) is 0 Å². The van der Waals surface area contributed by atoms with Crippen LogP contribution in [0.1, 0.15) is 162 Å². The van der Waals surface area contributed by atoms with E-state index < -0.39 is 0 Å². The zero-order valence-corrected chi connectivity index (χ0v) is 25.5. The molecule has 1 unspecified atom stereocenters. The molecular weight excluding hydrogens is 460 g/mol. The van der Waals surface area contributed by atoms with Gasteiger partial charge in [-0.25, -0.2) is 5.06 Å². The molecular formula is C32H64N2O3. The van der Waals surface area contributed by atoms with Crippen molar-refractivity contribution >= 4 is 12.2 Å². The van der Waals surface area contributed by atoms with Crippen molar-refractivity contribution in [1.29, 1.82) is 0 Å². The first-order chi connectivity index (χ1) is 18.1. The van der Waals surface area contributed by atoms with Gasteiger partial charge >= 0.3 is 0 Å². The first kappa shape index (κ1) is 36.1. The van der Waals surface area contributed by atoms with Crippen LogP contribution in [0.5, 0.6) is 0 Å². The SMILES string of the molecule is CCCCCCCCCCON(C(=O)CCCN(C)C)C(CCCCCC=O)CCCCCCCCC. The molecule has 0 fully saturated rings. The van der Waals surface area contributed by atoms with Crippen LogP contribution in [0.2, 0.25) is 0 Å². The van der Waals surface area contributed by atoms with Gasteiger partial charge in [0.2, 0.25) is 5.91 Å². The van der Waals surface area contributed by atoms with Crippen molar-refractivity contribution < 1.29 is 14.4 Å². The van der Waals surface area contributed by atoms with E-state index >= 15 is 0 Å². The number of rotatable bonds is 29. The van der Waals surface area contributed by atoms with Crippen LogP contribution in [0, 0.1) is 0 Å². The Morgan fingerprint density at radius 1 is 0.676 bits per heavy atom. The minimum absolute atomic E-state index is 0.155. The normalized spacial score (nSPS) is 12.2. The van der Waals surface area contributed by atoms with Crippen LogP contribution in [-0.2, 0) is 14.4 Å². The molecule has 5 nitrogen and oxygen atoms in total. The molecule has 1 amide bonds. The van der Waals surface area contributed by atoms with Crippen LogP contribution >= 0.6 is 0 Å². The van der Waals surface area contributed by atoms with Gasteiger partial charge in [0, 0.05) is 12.8 Å².